The Hall–Kier alpha value is -5.56. The van der Waals surface area contributed by atoms with E-state index in [-0.39, 0.29) is 0 Å². The van der Waals surface area contributed by atoms with E-state index in [1.54, 1.807) is 0 Å². The second-order valence-electron chi connectivity index (χ2n) is 12.5. The fraction of sp³-hybridized carbons (Fsp3) is 0.182. The Morgan fingerprint density at radius 2 is 0.540 bits per heavy atom. The Balaban J connectivity index is 0.991. The fourth-order valence-corrected chi connectivity index (χ4v) is 6.67. The van der Waals surface area contributed by atoms with Crippen molar-refractivity contribution in [2.24, 2.45) is 0 Å². The topological polar surface area (TPSA) is 37.0 Å². The molecule has 1 aliphatic heterocycles. The summed E-state index contributed by atoms with van der Waals surface area (Å²) < 4.78 is 0. The number of nitrogens with one attached hydrogen (secondary N) is 2. The van der Waals surface area contributed by atoms with Crippen LogP contribution in [0.4, 0.5) is 45.5 Å². The number of nitrogens with zero attached hydrogens (tertiary/aromatic N) is 4. The normalized spacial score (nSPS) is 14.3. The highest BCUT2D eigenvalue weighted by Gasteiger charge is 2.16. The quantitative estimate of drug-likeness (QED) is 0.170. The van der Waals surface area contributed by atoms with Gasteiger partial charge in [0.15, 0.2) is 0 Å². The molecular formula is C44H46N6. The van der Waals surface area contributed by atoms with E-state index in [9.17, 15) is 0 Å². The minimum Gasteiger partial charge on any atom is -0.369 e. The molecule has 6 aromatic carbocycles. The molecule has 252 valence electrons. The number of para-hydroxylation sites is 4. The molecule has 0 saturated carbocycles. The van der Waals surface area contributed by atoms with E-state index in [1.165, 1.54) is 11.4 Å². The molecule has 0 unspecified atom stereocenters. The van der Waals surface area contributed by atoms with Crippen LogP contribution >= 0.6 is 0 Å². The summed E-state index contributed by atoms with van der Waals surface area (Å²) >= 11 is 0. The number of benzene rings is 6. The third-order valence-electron chi connectivity index (χ3n) is 9.24. The van der Waals surface area contributed by atoms with Gasteiger partial charge in [-0.15, -0.1) is 0 Å². The maximum absolute atomic E-state index is 3.73. The van der Waals surface area contributed by atoms with Gasteiger partial charge in [0.05, 0.1) is 0 Å². The van der Waals surface area contributed by atoms with Crippen molar-refractivity contribution >= 4 is 45.5 Å². The molecular weight excluding hydrogens is 613 g/mol. The van der Waals surface area contributed by atoms with Crippen LogP contribution in [0.15, 0.2) is 170 Å². The highest BCUT2D eigenvalue weighted by atomic mass is 15.2. The van der Waals surface area contributed by atoms with E-state index in [0.717, 1.165) is 86.5 Å². The molecule has 0 atom stereocenters. The lowest BCUT2D eigenvalue weighted by atomic mass is 10.1. The summed E-state index contributed by atoms with van der Waals surface area (Å²) in [6.07, 6.45) is 0. The van der Waals surface area contributed by atoms with Crippen LogP contribution in [0.2, 0.25) is 0 Å². The van der Waals surface area contributed by atoms with Gasteiger partial charge in [-0.2, -0.15) is 0 Å². The van der Waals surface area contributed by atoms with Gasteiger partial charge in [-0.05, 0) is 97.1 Å². The molecule has 1 aliphatic rings. The highest BCUT2D eigenvalue weighted by molar-refractivity contribution is 5.78. The SMILES string of the molecule is c1ccc(N(c2ccccc2)c2ccc(N3CCNCCN(c4ccc(N(c5ccccc5)c5ccccc5)cc4)CCNCC3)cc2)cc1. The lowest BCUT2D eigenvalue weighted by molar-refractivity contribution is 0.589. The first-order valence-electron chi connectivity index (χ1n) is 17.8. The molecule has 50 heavy (non-hydrogen) atoms. The Kier molecular flexibility index (Phi) is 11.0. The Morgan fingerprint density at radius 1 is 0.300 bits per heavy atom. The predicted molar refractivity (Wildman–Crippen MR) is 212 cm³/mol. The van der Waals surface area contributed by atoms with Crippen molar-refractivity contribution in [3.8, 4) is 0 Å². The molecule has 0 radical (unpaired) electrons. The van der Waals surface area contributed by atoms with Crippen molar-refractivity contribution in [1.29, 1.82) is 0 Å². The fourth-order valence-electron chi connectivity index (χ4n) is 6.67. The lowest BCUT2D eigenvalue weighted by Gasteiger charge is -2.30. The van der Waals surface area contributed by atoms with Crippen LogP contribution in [0.1, 0.15) is 0 Å². The van der Waals surface area contributed by atoms with Crippen LogP contribution in [0, 0.1) is 0 Å². The molecule has 7 rings (SSSR count). The molecule has 6 nitrogen and oxygen atoms in total. The second-order valence-corrected chi connectivity index (χ2v) is 12.5. The van der Waals surface area contributed by atoms with E-state index in [0.29, 0.717) is 0 Å². The third kappa shape index (κ3) is 8.17. The molecule has 0 aliphatic carbocycles. The zero-order valence-corrected chi connectivity index (χ0v) is 28.6. The van der Waals surface area contributed by atoms with Gasteiger partial charge in [0.25, 0.3) is 0 Å². The Labute approximate surface area is 297 Å². The van der Waals surface area contributed by atoms with Crippen molar-refractivity contribution in [3.63, 3.8) is 0 Å². The summed E-state index contributed by atoms with van der Waals surface area (Å²) in [5, 5.41) is 7.46. The van der Waals surface area contributed by atoms with Crippen molar-refractivity contribution in [3.05, 3.63) is 170 Å². The largest absolute Gasteiger partial charge is 0.369 e. The molecule has 0 aromatic heterocycles. The van der Waals surface area contributed by atoms with Gasteiger partial charge in [-0.3, -0.25) is 0 Å². The summed E-state index contributed by atoms with van der Waals surface area (Å²) in [7, 11) is 0. The standard InChI is InChI=1S/C44H46N6/c1-5-13-39(14-6-1)49(40-15-7-2-8-16-40)43-25-21-37(22-26-43)47-33-29-45-31-35-48(36-32-46-30-34-47)38-23-27-44(28-24-38)50(41-17-9-3-10-18-41)42-19-11-4-12-20-42/h1-28,45-46H,29-36H2. The third-order valence-corrected chi connectivity index (χ3v) is 9.24. The summed E-state index contributed by atoms with van der Waals surface area (Å²) in [4.78, 5) is 9.60. The van der Waals surface area contributed by atoms with Gasteiger partial charge in [-0.1, -0.05) is 72.8 Å². The minimum atomic E-state index is 0.928. The Bertz CT molecular complexity index is 1620. The Morgan fingerprint density at radius 3 is 0.800 bits per heavy atom. The van der Waals surface area contributed by atoms with Gasteiger partial charge >= 0.3 is 0 Å². The smallest absolute Gasteiger partial charge is 0.0463 e. The van der Waals surface area contributed by atoms with Crippen LogP contribution in [-0.4, -0.2) is 52.4 Å². The summed E-state index contributed by atoms with van der Waals surface area (Å²) in [6.45, 7) is 7.51. The van der Waals surface area contributed by atoms with Crippen LogP contribution in [-0.2, 0) is 0 Å². The van der Waals surface area contributed by atoms with Gasteiger partial charge < -0.3 is 30.2 Å². The average molecular weight is 659 g/mol. The molecule has 0 spiro atoms. The maximum atomic E-state index is 3.73. The van der Waals surface area contributed by atoms with Crippen molar-refractivity contribution in [2.75, 3.05) is 72.0 Å². The molecule has 0 bridgehead atoms. The van der Waals surface area contributed by atoms with Crippen LogP contribution in [0.5, 0.6) is 0 Å². The first kappa shape index (κ1) is 33.0. The number of rotatable bonds is 8. The predicted octanol–water partition coefficient (Wildman–Crippen LogP) is 9.13. The molecule has 0 amide bonds. The summed E-state index contributed by atoms with van der Waals surface area (Å²) in [6, 6.07) is 60.4. The molecule has 6 heteroatoms. The molecule has 1 saturated heterocycles. The molecule has 1 heterocycles. The van der Waals surface area contributed by atoms with Crippen LogP contribution in [0.25, 0.3) is 0 Å². The molecule has 2 N–H and O–H groups in total. The van der Waals surface area contributed by atoms with E-state index in [2.05, 4.69) is 200 Å². The number of hydrogen-bond acceptors (Lipinski definition) is 6. The monoisotopic (exact) mass is 658 g/mol. The van der Waals surface area contributed by atoms with E-state index < -0.39 is 0 Å². The van der Waals surface area contributed by atoms with Crippen LogP contribution < -0.4 is 30.2 Å². The van der Waals surface area contributed by atoms with Gasteiger partial charge in [0.2, 0.25) is 0 Å². The molecule has 6 aromatic rings. The van der Waals surface area contributed by atoms with Gasteiger partial charge in [-0.25, -0.2) is 0 Å². The van der Waals surface area contributed by atoms with E-state index in [4.69, 9.17) is 0 Å². The van der Waals surface area contributed by atoms with E-state index in [1.807, 2.05) is 0 Å². The highest BCUT2D eigenvalue weighted by Crippen LogP contribution is 2.36. The van der Waals surface area contributed by atoms with Crippen molar-refractivity contribution in [1.82, 2.24) is 10.6 Å². The number of anilines is 8. The zero-order chi connectivity index (χ0) is 33.8. The van der Waals surface area contributed by atoms with Crippen molar-refractivity contribution < 1.29 is 0 Å². The molecule has 1 fully saturated rings. The summed E-state index contributed by atoms with van der Waals surface area (Å²) in [5.41, 5.74) is 9.40. The lowest BCUT2D eigenvalue weighted by Crippen LogP contribution is -2.43. The van der Waals surface area contributed by atoms with Gasteiger partial charge in [0.1, 0.15) is 0 Å². The first-order valence-corrected chi connectivity index (χ1v) is 17.8. The van der Waals surface area contributed by atoms with Gasteiger partial charge in [0, 0.05) is 97.9 Å². The summed E-state index contributed by atoms with van der Waals surface area (Å²) in [5.74, 6) is 0. The second kappa shape index (κ2) is 16.7. The maximum Gasteiger partial charge on any atom is 0.0463 e. The van der Waals surface area contributed by atoms with Crippen LogP contribution in [0.3, 0.4) is 0 Å². The minimum absolute atomic E-state index is 0.928. The first-order chi connectivity index (χ1) is 24.8. The van der Waals surface area contributed by atoms with E-state index >= 15 is 0 Å². The average Bonchev–Trinajstić information content (AvgIpc) is 3.18. The van der Waals surface area contributed by atoms with Crippen molar-refractivity contribution in [2.45, 2.75) is 0 Å². The zero-order valence-electron chi connectivity index (χ0n) is 28.6. The number of hydrogen-bond donors (Lipinski definition) is 2.